The Kier molecular flexibility index (Phi) is 5.45. The van der Waals surface area contributed by atoms with Gasteiger partial charge in [-0.05, 0) is 42.8 Å². The number of aryl methyl sites for hydroxylation is 1. The number of fused-ring (bicyclic) bond motifs is 1. The lowest BCUT2D eigenvalue weighted by Gasteiger charge is -2.62. The van der Waals surface area contributed by atoms with E-state index in [4.69, 9.17) is 21.3 Å². The van der Waals surface area contributed by atoms with Gasteiger partial charge < -0.3 is 19.9 Å². The Labute approximate surface area is 212 Å². The van der Waals surface area contributed by atoms with Crippen LogP contribution in [0.3, 0.4) is 0 Å². The number of nitrogens with one attached hydrogen (secondary N) is 1. The second-order valence-corrected chi connectivity index (χ2v) is 9.37. The smallest absolute Gasteiger partial charge is 0.238 e. The number of likely N-dealkylation sites (tertiary alicyclic amines) is 1. The molecule has 0 aliphatic carbocycles. The van der Waals surface area contributed by atoms with E-state index in [9.17, 15) is 4.79 Å². The van der Waals surface area contributed by atoms with Crippen molar-refractivity contribution in [3.05, 3.63) is 66.2 Å². The number of halogens is 1. The lowest BCUT2D eigenvalue weighted by atomic mass is 9.78. The molecule has 0 bridgehead atoms. The molecule has 0 saturated carbocycles. The number of hydrogen-bond donors (Lipinski definition) is 1. The molecule has 10 nitrogen and oxygen atoms in total. The van der Waals surface area contributed by atoms with Gasteiger partial charge in [0.2, 0.25) is 5.88 Å². The molecule has 3 aromatic heterocycles. The lowest BCUT2D eigenvalue weighted by Crippen LogP contribution is -2.75. The highest BCUT2D eigenvalue weighted by atomic mass is 35.5. The number of allylic oxidation sites excluding steroid dienone is 1. The molecular formula is C25H23ClN8O2. The summed E-state index contributed by atoms with van der Waals surface area (Å²) >= 11 is 6.47. The van der Waals surface area contributed by atoms with Gasteiger partial charge in [0.25, 0.3) is 0 Å². The van der Waals surface area contributed by atoms with Crippen molar-refractivity contribution < 1.29 is 9.53 Å². The Balaban J connectivity index is 1.20. The van der Waals surface area contributed by atoms with Crippen LogP contribution >= 0.6 is 11.6 Å². The second kappa shape index (κ2) is 8.80. The van der Waals surface area contributed by atoms with E-state index in [2.05, 4.69) is 30.2 Å². The maximum atomic E-state index is 10.7. The standard InChI is InChI=1S/C25H23ClN8O2/c1-32-10-7-22(31-32)36-20-5-3-17(13-18(20)26)29-24-23-19(27-16-28-24)4-6-21(30-23)33-14-25(15-33)8-11-34(25)9-2-12-35/h2-7,9-10,12-13,16H,8,11,14-15H2,1H3,(H,27,28,29)/b9-2+. The Morgan fingerprint density at radius 1 is 1.17 bits per heavy atom. The molecule has 1 N–H and O–H groups in total. The summed E-state index contributed by atoms with van der Waals surface area (Å²) in [5.41, 5.74) is 2.26. The number of nitrogens with zero attached hydrogens (tertiary/aromatic N) is 7. The highest BCUT2D eigenvalue weighted by Gasteiger charge is 2.52. The Bertz CT molecular complexity index is 1480. The minimum absolute atomic E-state index is 0.0975. The third kappa shape index (κ3) is 3.99. The van der Waals surface area contributed by atoms with Crippen molar-refractivity contribution in [2.45, 2.75) is 12.0 Å². The molecule has 1 aromatic carbocycles. The molecule has 36 heavy (non-hydrogen) atoms. The van der Waals surface area contributed by atoms with Crippen LogP contribution in [0, 0.1) is 0 Å². The fourth-order valence-corrected chi connectivity index (χ4v) is 4.87. The summed E-state index contributed by atoms with van der Waals surface area (Å²) in [5.74, 6) is 2.44. The third-order valence-corrected chi connectivity index (χ3v) is 6.93. The summed E-state index contributed by atoms with van der Waals surface area (Å²) in [4.78, 5) is 28.8. The zero-order valence-electron chi connectivity index (χ0n) is 19.5. The van der Waals surface area contributed by atoms with E-state index in [-0.39, 0.29) is 5.54 Å². The van der Waals surface area contributed by atoms with E-state index in [0.29, 0.717) is 28.0 Å². The zero-order chi connectivity index (χ0) is 24.7. The molecular weight excluding hydrogens is 480 g/mol. The van der Waals surface area contributed by atoms with Gasteiger partial charge in [-0.1, -0.05) is 11.6 Å². The third-order valence-electron chi connectivity index (χ3n) is 6.63. The Morgan fingerprint density at radius 2 is 2.06 bits per heavy atom. The van der Waals surface area contributed by atoms with Gasteiger partial charge in [-0.25, -0.2) is 15.0 Å². The fourth-order valence-electron chi connectivity index (χ4n) is 4.65. The maximum Gasteiger partial charge on any atom is 0.238 e. The van der Waals surface area contributed by atoms with Gasteiger partial charge >= 0.3 is 0 Å². The van der Waals surface area contributed by atoms with Gasteiger partial charge in [-0.2, -0.15) is 0 Å². The molecule has 5 heterocycles. The minimum Gasteiger partial charge on any atom is -0.436 e. The van der Waals surface area contributed by atoms with Crippen LogP contribution in [0.1, 0.15) is 6.42 Å². The zero-order valence-corrected chi connectivity index (χ0v) is 20.3. The number of aromatic nitrogens is 5. The van der Waals surface area contributed by atoms with Gasteiger partial charge in [0.15, 0.2) is 5.82 Å². The van der Waals surface area contributed by atoms with Crippen LogP contribution in [0.2, 0.25) is 5.02 Å². The van der Waals surface area contributed by atoms with E-state index in [0.717, 1.165) is 49.4 Å². The number of hydrogen-bond acceptors (Lipinski definition) is 9. The summed E-state index contributed by atoms with van der Waals surface area (Å²) in [6.45, 7) is 2.69. The van der Waals surface area contributed by atoms with Gasteiger partial charge in [0.05, 0.1) is 16.1 Å². The number of carbonyl (C=O) groups is 1. The molecule has 0 atom stereocenters. The summed E-state index contributed by atoms with van der Waals surface area (Å²) in [7, 11) is 1.82. The average Bonchev–Trinajstić information content (AvgIpc) is 3.24. The molecule has 2 saturated heterocycles. The molecule has 4 aromatic rings. The molecule has 2 fully saturated rings. The van der Waals surface area contributed by atoms with E-state index in [1.165, 1.54) is 6.33 Å². The number of benzene rings is 1. The number of anilines is 3. The quantitative estimate of drug-likeness (QED) is 0.297. The Morgan fingerprint density at radius 3 is 2.78 bits per heavy atom. The number of carbonyl (C=O) groups excluding carboxylic acids is 1. The molecule has 0 radical (unpaired) electrons. The van der Waals surface area contributed by atoms with Gasteiger partial charge in [0.1, 0.15) is 29.7 Å². The first-order valence-corrected chi connectivity index (χ1v) is 11.9. The van der Waals surface area contributed by atoms with Crippen LogP contribution in [-0.4, -0.2) is 61.1 Å². The minimum atomic E-state index is 0.0975. The second-order valence-electron chi connectivity index (χ2n) is 8.96. The van der Waals surface area contributed by atoms with Crippen molar-refractivity contribution in [1.82, 2.24) is 29.6 Å². The largest absolute Gasteiger partial charge is 0.436 e. The monoisotopic (exact) mass is 502 g/mol. The van der Waals surface area contributed by atoms with Crippen molar-refractivity contribution in [1.29, 1.82) is 0 Å². The molecule has 6 rings (SSSR count). The van der Waals surface area contributed by atoms with Crippen molar-refractivity contribution in [3.8, 4) is 11.6 Å². The number of aldehydes is 1. The SMILES string of the molecule is Cn1ccc(Oc2ccc(Nc3ncnc4ccc(N5CC6(CCN6/C=C/C=O)C5)nc34)cc2Cl)n1. The summed E-state index contributed by atoms with van der Waals surface area (Å²) in [6, 6.07) is 11.1. The average molecular weight is 503 g/mol. The van der Waals surface area contributed by atoms with Gasteiger partial charge in [-0.15, -0.1) is 5.10 Å². The summed E-state index contributed by atoms with van der Waals surface area (Å²) in [6.07, 6.45) is 8.67. The van der Waals surface area contributed by atoms with Crippen LogP contribution in [0.15, 0.2) is 61.2 Å². The Hall–Kier alpha value is -4.18. The van der Waals surface area contributed by atoms with Crippen molar-refractivity contribution >= 4 is 46.2 Å². The van der Waals surface area contributed by atoms with E-state index >= 15 is 0 Å². The summed E-state index contributed by atoms with van der Waals surface area (Å²) in [5, 5.41) is 7.97. The van der Waals surface area contributed by atoms with Crippen molar-refractivity contribution in [3.63, 3.8) is 0 Å². The van der Waals surface area contributed by atoms with Crippen LogP contribution in [0.5, 0.6) is 11.6 Å². The predicted octanol–water partition coefficient (Wildman–Crippen LogP) is 3.92. The first-order valence-electron chi connectivity index (χ1n) is 11.5. The first-order chi connectivity index (χ1) is 17.5. The normalized spacial score (nSPS) is 16.3. The van der Waals surface area contributed by atoms with E-state index < -0.39 is 0 Å². The first kappa shape index (κ1) is 22.3. The highest BCUT2D eigenvalue weighted by Crippen LogP contribution is 2.41. The lowest BCUT2D eigenvalue weighted by molar-refractivity contribution is -0.104. The molecule has 182 valence electrons. The molecule has 2 aliphatic rings. The summed E-state index contributed by atoms with van der Waals surface area (Å²) < 4.78 is 7.43. The molecule has 1 spiro atoms. The maximum absolute atomic E-state index is 10.7. The predicted molar refractivity (Wildman–Crippen MR) is 137 cm³/mol. The highest BCUT2D eigenvalue weighted by molar-refractivity contribution is 6.32. The molecule has 11 heteroatoms. The number of rotatable bonds is 7. The number of pyridine rings is 1. The van der Waals surface area contributed by atoms with Crippen LogP contribution in [0.4, 0.5) is 17.3 Å². The molecule has 0 amide bonds. The topological polar surface area (TPSA) is 101 Å². The van der Waals surface area contributed by atoms with E-state index in [1.807, 2.05) is 31.4 Å². The molecule has 2 aliphatic heterocycles. The van der Waals surface area contributed by atoms with Gasteiger partial charge in [-0.3, -0.25) is 9.48 Å². The van der Waals surface area contributed by atoms with Crippen molar-refractivity contribution in [2.24, 2.45) is 7.05 Å². The van der Waals surface area contributed by atoms with Gasteiger partial charge in [0, 0.05) is 50.8 Å². The number of ether oxygens (including phenoxy) is 1. The van der Waals surface area contributed by atoms with Crippen LogP contribution < -0.4 is 15.0 Å². The molecule has 0 unspecified atom stereocenters. The van der Waals surface area contributed by atoms with Crippen LogP contribution in [-0.2, 0) is 11.8 Å². The van der Waals surface area contributed by atoms with Crippen molar-refractivity contribution in [2.75, 3.05) is 29.9 Å². The fraction of sp³-hybridized carbons (Fsp3) is 0.240. The van der Waals surface area contributed by atoms with Crippen LogP contribution in [0.25, 0.3) is 11.0 Å². The van der Waals surface area contributed by atoms with E-state index in [1.54, 1.807) is 35.2 Å².